The van der Waals surface area contributed by atoms with Gasteiger partial charge in [-0.15, -0.1) is 0 Å². The molecule has 0 bridgehead atoms. The Morgan fingerprint density at radius 1 is 1.24 bits per heavy atom. The smallest absolute Gasteiger partial charge is 0.297 e. The fourth-order valence-electron chi connectivity index (χ4n) is 2.17. The van der Waals surface area contributed by atoms with Crippen molar-refractivity contribution in [1.82, 2.24) is 9.55 Å². The summed E-state index contributed by atoms with van der Waals surface area (Å²) < 4.78 is 14.9. The monoisotopic (exact) mass is 310 g/mol. The second-order valence-electron chi connectivity index (χ2n) is 4.76. The Balaban J connectivity index is 2.57. The van der Waals surface area contributed by atoms with Gasteiger partial charge in [0.1, 0.15) is 11.0 Å². The highest BCUT2D eigenvalue weighted by atomic mass is 35.5. The van der Waals surface area contributed by atoms with Crippen LogP contribution in [0.3, 0.4) is 0 Å². The van der Waals surface area contributed by atoms with Crippen molar-refractivity contribution in [3.8, 4) is 11.1 Å². The van der Waals surface area contributed by atoms with Gasteiger partial charge in [-0.2, -0.15) is 0 Å². The van der Waals surface area contributed by atoms with Crippen LogP contribution in [-0.2, 0) is 6.54 Å². The number of hydrogen-bond acceptors (Lipinski definition) is 2. The minimum absolute atomic E-state index is 0.00846. The molecule has 112 valence electrons. The van der Waals surface area contributed by atoms with E-state index < -0.39 is 17.1 Å². The third kappa shape index (κ3) is 3.24. The maximum Gasteiger partial charge on any atom is 0.329 e. The Kier molecular flexibility index (Phi) is 4.96. The lowest BCUT2D eigenvalue weighted by Gasteiger charge is -2.09. The highest BCUT2D eigenvalue weighted by Gasteiger charge is 2.17. The number of unbranched alkanes of at least 4 members (excludes halogenated alkanes) is 2. The van der Waals surface area contributed by atoms with E-state index in [2.05, 4.69) is 4.98 Å². The van der Waals surface area contributed by atoms with E-state index in [1.165, 1.54) is 18.2 Å². The van der Waals surface area contributed by atoms with Gasteiger partial charge in [-0.25, -0.2) is 9.18 Å². The van der Waals surface area contributed by atoms with E-state index >= 15 is 0 Å². The SMILES string of the molecule is CCCCCn1c(=O)[nH]c(Cl)c(-c2ccccc2F)c1=O. The van der Waals surface area contributed by atoms with Crippen LogP contribution in [0.25, 0.3) is 11.1 Å². The molecule has 21 heavy (non-hydrogen) atoms. The summed E-state index contributed by atoms with van der Waals surface area (Å²) in [7, 11) is 0. The molecule has 2 rings (SSSR count). The van der Waals surface area contributed by atoms with E-state index in [4.69, 9.17) is 11.6 Å². The highest BCUT2D eigenvalue weighted by molar-refractivity contribution is 6.32. The number of aromatic amines is 1. The zero-order chi connectivity index (χ0) is 15.4. The van der Waals surface area contributed by atoms with Crippen LogP contribution in [0.1, 0.15) is 26.2 Å². The highest BCUT2D eigenvalue weighted by Crippen LogP contribution is 2.24. The van der Waals surface area contributed by atoms with E-state index in [1.54, 1.807) is 6.07 Å². The van der Waals surface area contributed by atoms with Gasteiger partial charge < -0.3 is 0 Å². The number of hydrogen-bond donors (Lipinski definition) is 1. The fraction of sp³-hybridized carbons (Fsp3) is 0.333. The lowest BCUT2D eigenvalue weighted by Crippen LogP contribution is -2.36. The number of nitrogens with zero attached hydrogens (tertiary/aromatic N) is 1. The van der Waals surface area contributed by atoms with Gasteiger partial charge in [0.25, 0.3) is 5.56 Å². The Hall–Kier alpha value is -1.88. The maximum absolute atomic E-state index is 13.9. The molecule has 0 saturated carbocycles. The molecule has 1 heterocycles. The molecule has 6 heteroatoms. The molecule has 2 aromatic rings. The molecule has 0 aliphatic heterocycles. The van der Waals surface area contributed by atoms with Crippen LogP contribution in [-0.4, -0.2) is 9.55 Å². The van der Waals surface area contributed by atoms with Crippen molar-refractivity contribution >= 4 is 11.6 Å². The third-order valence-corrected chi connectivity index (χ3v) is 3.55. The second-order valence-corrected chi connectivity index (χ2v) is 5.14. The first-order valence-corrected chi connectivity index (χ1v) is 7.21. The minimum atomic E-state index is -0.568. The van der Waals surface area contributed by atoms with Crippen LogP contribution >= 0.6 is 11.6 Å². The molecule has 1 aromatic carbocycles. The molecule has 0 amide bonds. The van der Waals surface area contributed by atoms with Gasteiger partial charge in [0, 0.05) is 12.1 Å². The van der Waals surface area contributed by atoms with Crippen LogP contribution < -0.4 is 11.2 Å². The second kappa shape index (κ2) is 6.72. The summed E-state index contributed by atoms with van der Waals surface area (Å²) in [6.07, 6.45) is 2.59. The molecule has 4 nitrogen and oxygen atoms in total. The maximum atomic E-state index is 13.9. The normalized spacial score (nSPS) is 10.8. The van der Waals surface area contributed by atoms with Crippen molar-refractivity contribution in [3.63, 3.8) is 0 Å². The zero-order valence-corrected chi connectivity index (χ0v) is 12.4. The van der Waals surface area contributed by atoms with Crippen molar-refractivity contribution in [2.75, 3.05) is 0 Å². The van der Waals surface area contributed by atoms with Gasteiger partial charge in [0.2, 0.25) is 0 Å². The molecule has 0 aliphatic rings. The fourth-order valence-corrected chi connectivity index (χ4v) is 2.43. The molecule has 0 fully saturated rings. The number of aromatic nitrogens is 2. The molecule has 0 spiro atoms. The first-order valence-electron chi connectivity index (χ1n) is 6.83. The molecule has 1 N–H and O–H groups in total. The van der Waals surface area contributed by atoms with Crippen LogP contribution in [0.5, 0.6) is 0 Å². The van der Waals surface area contributed by atoms with Crippen molar-refractivity contribution in [2.24, 2.45) is 0 Å². The Labute approximate surface area is 126 Å². The largest absolute Gasteiger partial charge is 0.329 e. The molecular weight excluding hydrogens is 295 g/mol. The van der Waals surface area contributed by atoms with Crippen molar-refractivity contribution in [3.05, 3.63) is 56.1 Å². The van der Waals surface area contributed by atoms with Crippen molar-refractivity contribution in [1.29, 1.82) is 0 Å². The summed E-state index contributed by atoms with van der Waals surface area (Å²) >= 11 is 5.94. The third-order valence-electron chi connectivity index (χ3n) is 3.27. The predicted molar refractivity (Wildman–Crippen MR) is 81.3 cm³/mol. The summed E-state index contributed by atoms with van der Waals surface area (Å²) in [5.74, 6) is -0.552. The van der Waals surface area contributed by atoms with Crippen LogP contribution in [0, 0.1) is 5.82 Å². The zero-order valence-electron chi connectivity index (χ0n) is 11.7. The van der Waals surface area contributed by atoms with Crippen LogP contribution in [0.15, 0.2) is 33.9 Å². The molecule has 0 radical (unpaired) electrons. The summed E-state index contributed by atoms with van der Waals surface area (Å²) in [6.45, 7) is 2.32. The number of halogens is 2. The van der Waals surface area contributed by atoms with Crippen molar-refractivity contribution in [2.45, 2.75) is 32.7 Å². The number of rotatable bonds is 5. The summed E-state index contributed by atoms with van der Waals surface area (Å²) in [5.41, 5.74) is -1.05. The van der Waals surface area contributed by atoms with E-state index in [0.29, 0.717) is 13.0 Å². The lowest BCUT2D eigenvalue weighted by atomic mass is 10.1. The van der Waals surface area contributed by atoms with E-state index in [-0.39, 0.29) is 16.3 Å². The standard InChI is InChI=1S/C15H16ClFN2O2/c1-2-3-6-9-19-14(20)12(13(16)18-15(19)21)10-7-4-5-8-11(10)17/h4-5,7-8H,2-3,6,9H2,1H3,(H,18,21). The first kappa shape index (κ1) is 15.5. The minimum Gasteiger partial charge on any atom is -0.297 e. The van der Waals surface area contributed by atoms with Gasteiger partial charge in [-0.3, -0.25) is 14.3 Å². The van der Waals surface area contributed by atoms with E-state index in [9.17, 15) is 14.0 Å². The van der Waals surface area contributed by atoms with Crippen molar-refractivity contribution < 1.29 is 4.39 Å². The Morgan fingerprint density at radius 2 is 1.95 bits per heavy atom. The van der Waals surface area contributed by atoms with Gasteiger partial charge in [0.05, 0.1) is 5.56 Å². The van der Waals surface area contributed by atoms with Crippen LogP contribution in [0.2, 0.25) is 5.15 Å². The van der Waals surface area contributed by atoms with Gasteiger partial charge in [-0.05, 0) is 12.5 Å². The average molecular weight is 311 g/mol. The van der Waals surface area contributed by atoms with Gasteiger partial charge in [0.15, 0.2) is 0 Å². The molecule has 0 unspecified atom stereocenters. The molecule has 0 atom stereocenters. The summed E-state index contributed by atoms with van der Waals surface area (Å²) in [5, 5.41) is -0.137. The van der Waals surface area contributed by atoms with E-state index in [1.807, 2.05) is 6.92 Å². The molecule has 1 aromatic heterocycles. The number of nitrogens with one attached hydrogen (secondary N) is 1. The average Bonchev–Trinajstić information content (AvgIpc) is 2.44. The molecule has 0 aliphatic carbocycles. The number of benzene rings is 1. The van der Waals surface area contributed by atoms with Gasteiger partial charge in [-0.1, -0.05) is 49.6 Å². The van der Waals surface area contributed by atoms with E-state index in [0.717, 1.165) is 17.4 Å². The van der Waals surface area contributed by atoms with Crippen LogP contribution in [0.4, 0.5) is 4.39 Å². The topological polar surface area (TPSA) is 54.9 Å². The number of H-pyrrole nitrogens is 1. The summed E-state index contributed by atoms with van der Waals surface area (Å²) in [6, 6.07) is 5.85. The Morgan fingerprint density at radius 3 is 2.62 bits per heavy atom. The Bertz CT molecular complexity index is 752. The first-order chi connectivity index (χ1) is 10.1. The lowest BCUT2D eigenvalue weighted by molar-refractivity contribution is 0.563. The molecule has 0 saturated heterocycles. The predicted octanol–water partition coefficient (Wildman–Crippen LogP) is 3.19. The summed E-state index contributed by atoms with van der Waals surface area (Å²) in [4.78, 5) is 26.7. The van der Waals surface area contributed by atoms with Gasteiger partial charge >= 0.3 is 5.69 Å². The quantitative estimate of drug-likeness (QED) is 0.681. The molecular formula is C15H16ClFN2O2.